The van der Waals surface area contributed by atoms with Gasteiger partial charge in [0.1, 0.15) is 0 Å². The molecule has 0 N–H and O–H groups in total. The SMILES string of the molecule is CCCO[N](OCCC)[Ti]([CH2]c1ccccc1)([CH2]c1ccccc1)[N](OCCC)OCCC. The molecule has 0 fully saturated rings. The van der Waals surface area contributed by atoms with Crippen molar-refractivity contribution in [2.24, 2.45) is 0 Å². The van der Waals surface area contributed by atoms with Crippen molar-refractivity contribution >= 4 is 0 Å². The van der Waals surface area contributed by atoms with Crippen LogP contribution in [-0.4, -0.2) is 33.8 Å². The van der Waals surface area contributed by atoms with Gasteiger partial charge in [-0.25, -0.2) is 0 Å². The Balaban J connectivity index is 2.61. The van der Waals surface area contributed by atoms with Crippen LogP contribution in [0.3, 0.4) is 0 Å². The second kappa shape index (κ2) is 16.5. The van der Waals surface area contributed by atoms with Crippen LogP contribution >= 0.6 is 0 Å². The first-order valence-corrected chi connectivity index (χ1v) is 16.0. The van der Waals surface area contributed by atoms with Gasteiger partial charge < -0.3 is 0 Å². The fourth-order valence-corrected chi connectivity index (χ4v) is 9.54. The molecule has 0 saturated heterocycles. The Morgan fingerprint density at radius 2 is 0.818 bits per heavy atom. The van der Waals surface area contributed by atoms with Crippen molar-refractivity contribution in [2.45, 2.75) is 62.8 Å². The van der Waals surface area contributed by atoms with E-state index in [1.807, 2.05) is 19.5 Å². The molecular weight excluding hydrogens is 452 g/mol. The van der Waals surface area contributed by atoms with Crippen molar-refractivity contribution < 1.29 is 36.5 Å². The molecule has 0 radical (unpaired) electrons. The first-order chi connectivity index (χ1) is 16.2. The first-order valence-electron chi connectivity index (χ1n) is 12.4. The van der Waals surface area contributed by atoms with E-state index in [2.05, 4.69) is 76.2 Å². The number of hydrogen-bond donors (Lipinski definition) is 0. The number of benzene rings is 2. The predicted octanol–water partition coefficient (Wildman–Crippen LogP) is 6.34. The minimum absolute atomic E-state index is 0.579. The van der Waals surface area contributed by atoms with Crippen LogP contribution < -0.4 is 0 Å². The zero-order valence-electron chi connectivity index (χ0n) is 20.9. The van der Waals surface area contributed by atoms with E-state index in [1.165, 1.54) is 11.1 Å². The van der Waals surface area contributed by atoms with Crippen LogP contribution in [0, 0.1) is 0 Å². The van der Waals surface area contributed by atoms with Gasteiger partial charge in [-0.15, -0.1) is 0 Å². The van der Waals surface area contributed by atoms with E-state index < -0.39 is 17.1 Å². The Kier molecular flexibility index (Phi) is 14.1. The van der Waals surface area contributed by atoms with E-state index in [0.717, 1.165) is 35.1 Å². The second-order valence-electron chi connectivity index (χ2n) is 8.15. The molecule has 2 rings (SSSR count). The van der Waals surface area contributed by atoms with Crippen LogP contribution in [0.4, 0.5) is 0 Å². The van der Waals surface area contributed by atoms with Crippen LogP contribution in [0.5, 0.6) is 0 Å². The summed E-state index contributed by atoms with van der Waals surface area (Å²) in [6.45, 7) is 10.8. The average molecular weight is 494 g/mol. The molecule has 7 heteroatoms. The second-order valence-corrected chi connectivity index (χ2v) is 13.5. The molecule has 184 valence electrons. The molecule has 0 unspecified atom stereocenters. The Morgan fingerprint density at radius 3 is 1.09 bits per heavy atom. The van der Waals surface area contributed by atoms with E-state index >= 15 is 0 Å². The van der Waals surface area contributed by atoms with E-state index in [4.69, 9.17) is 19.4 Å². The zero-order chi connectivity index (χ0) is 23.8. The van der Waals surface area contributed by atoms with Crippen LogP contribution in [0.1, 0.15) is 64.5 Å². The van der Waals surface area contributed by atoms with Crippen molar-refractivity contribution in [1.29, 1.82) is 0 Å². The normalized spacial score (nSPS) is 12.1. The van der Waals surface area contributed by atoms with Crippen LogP contribution in [0.15, 0.2) is 60.7 Å². The maximum atomic E-state index is 6.34. The molecule has 0 aliphatic carbocycles. The standard InChI is InChI=1S/2C7H7.2C6H14NO2.Ti/c2*1-7-5-3-2-4-6-7;2*1-3-5-8-7-9-6-4-2;/h2*2-6H,1H2;2*3-6H2,1-2H3;/q;;2*-1;+2. The summed E-state index contributed by atoms with van der Waals surface area (Å²) in [4.78, 5) is 25.3. The summed E-state index contributed by atoms with van der Waals surface area (Å²) in [5, 5.41) is 0. The third-order valence-electron chi connectivity index (χ3n) is 4.99. The summed E-state index contributed by atoms with van der Waals surface area (Å²) in [6.07, 6.45) is 3.58. The van der Waals surface area contributed by atoms with Crippen LogP contribution in [0.25, 0.3) is 0 Å². The Bertz CT molecular complexity index is 656. The summed E-state index contributed by atoms with van der Waals surface area (Å²) in [6, 6.07) is 21.1. The number of rotatable bonds is 18. The molecule has 2 aromatic carbocycles. The molecular formula is C26H42N2O4Ti. The summed E-state index contributed by atoms with van der Waals surface area (Å²) in [5.74, 6) is 0. The molecule has 0 amide bonds. The zero-order valence-corrected chi connectivity index (χ0v) is 22.4. The molecule has 6 nitrogen and oxygen atoms in total. The number of nitrogens with zero attached hydrogens (tertiary/aromatic N) is 2. The van der Waals surface area contributed by atoms with Crippen LogP contribution in [-0.2, 0) is 45.9 Å². The van der Waals surface area contributed by atoms with Crippen molar-refractivity contribution in [3.63, 3.8) is 0 Å². The van der Waals surface area contributed by atoms with Crippen molar-refractivity contribution in [3.05, 3.63) is 71.8 Å². The topological polar surface area (TPSA) is 43.4 Å². The van der Waals surface area contributed by atoms with Crippen LogP contribution in [0.2, 0.25) is 0 Å². The van der Waals surface area contributed by atoms with Gasteiger partial charge in [-0.1, -0.05) is 0 Å². The molecule has 0 spiro atoms. The summed E-state index contributed by atoms with van der Waals surface area (Å²) in [5.41, 5.74) is 2.45. The van der Waals surface area contributed by atoms with E-state index in [1.54, 1.807) is 0 Å². The van der Waals surface area contributed by atoms with Gasteiger partial charge in [0.25, 0.3) is 0 Å². The van der Waals surface area contributed by atoms with Gasteiger partial charge in [0.2, 0.25) is 0 Å². The third-order valence-corrected chi connectivity index (χ3v) is 11.0. The maximum absolute atomic E-state index is 6.34. The van der Waals surface area contributed by atoms with Crippen molar-refractivity contribution in [2.75, 3.05) is 26.4 Å². The van der Waals surface area contributed by atoms with Gasteiger partial charge in [-0.05, 0) is 0 Å². The third kappa shape index (κ3) is 9.23. The average Bonchev–Trinajstić information content (AvgIpc) is 2.85. The fourth-order valence-electron chi connectivity index (χ4n) is 3.48. The molecule has 0 aromatic heterocycles. The molecule has 33 heavy (non-hydrogen) atoms. The Labute approximate surface area is 204 Å². The predicted molar refractivity (Wildman–Crippen MR) is 129 cm³/mol. The van der Waals surface area contributed by atoms with E-state index in [0.29, 0.717) is 26.4 Å². The molecule has 0 aliphatic heterocycles. The summed E-state index contributed by atoms with van der Waals surface area (Å²) < 4.78 is 5.21. The Hall–Kier alpha value is -1.09. The Morgan fingerprint density at radius 1 is 0.515 bits per heavy atom. The molecule has 0 heterocycles. The van der Waals surface area contributed by atoms with Gasteiger partial charge in [0.05, 0.1) is 0 Å². The molecule has 0 atom stereocenters. The quantitative estimate of drug-likeness (QED) is 0.178. The van der Waals surface area contributed by atoms with Gasteiger partial charge in [0.15, 0.2) is 0 Å². The number of hydrogen-bond acceptors (Lipinski definition) is 6. The monoisotopic (exact) mass is 494 g/mol. The minimum atomic E-state index is -3.62. The van der Waals surface area contributed by atoms with Crippen molar-refractivity contribution in [3.8, 4) is 0 Å². The fraction of sp³-hybridized carbons (Fsp3) is 0.538. The van der Waals surface area contributed by atoms with Gasteiger partial charge >= 0.3 is 205 Å². The van der Waals surface area contributed by atoms with Gasteiger partial charge in [-0.3, -0.25) is 0 Å². The molecule has 0 bridgehead atoms. The molecule has 2 aromatic rings. The summed E-state index contributed by atoms with van der Waals surface area (Å²) in [7, 11) is 0. The molecule has 0 saturated carbocycles. The summed E-state index contributed by atoms with van der Waals surface area (Å²) >= 11 is -3.62. The van der Waals surface area contributed by atoms with E-state index in [9.17, 15) is 0 Å². The first kappa shape index (κ1) is 28.2. The molecule has 0 aliphatic rings. The van der Waals surface area contributed by atoms with E-state index in [-0.39, 0.29) is 0 Å². The van der Waals surface area contributed by atoms with Gasteiger partial charge in [0, 0.05) is 0 Å². The van der Waals surface area contributed by atoms with Gasteiger partial charge in [-0.2, -0.15) is 0 Å². The van der Waals surface area contributed by atoms with Crippen molar-refractivity contribution in [1.82, 2.24) is 7.42 Å².